The fourth-order valence-electron chi connectivity index (χ4n) is 1.34. The summed E-state index contributed by atoms with van der Waals surface area (Å²) in [5.41, 5.74) is 11.7. The van der Waals surface area contributed by atoms with Crippen molar-refractivity contribution in [2.75, 3.05) is 5.73 Å². The maximum Gasteiger partial charge on any atom is 0.268 e. The molecule has 4 N–H and O–H groups in total. The number of primary amides is 1. The number of nitrogens with zero attached hydrogens (tertiary/aromatic N) is 1. The first-order valence-corrected chi connectivity index (χ1v) is 6.13. The van der Waals surface area contributed by atoms with Gasteiger partial charge in [-0.1, -0.05) is 0 Å². The Morgan fingerprint density at radius 3 is 2.50 bits per heavy atom. The second kappa shape index (κ2) is 5.21. The largest absolute Gasteiger partial charge is 0.456 e. The van der Waals surface area contributed by atoms with Gasteiger partial charge in [-0.15, -0.1) is 0 Å². The maximum absolute atomic E-state index is 11.2. The van der Waals surface area contributed by atoms with Gasteiger partial charge in [0, 0.05) is 18.0 Å². The van der Waals surface area contributed by atoms with Gasteiger partial charge in [-0.25, -0.2) is 4.98 Å². The minimum Gasteiger partial charge on any atom is -0.456 e. The average molecular weight is 355 g/mol. The third kappa shape index (κ3) is 2.70. The SMILES string of the molecule is NC(=O)c1nccc(Oc2ccc(N)cc2)c1I. The van der Waals surface area contributed by atoms with Crippen LogP contribution in [0.1, 0.15) is 10.5 Å². The first-order valence-electron chi connectivity index (χ1n) is 5.05. The summed E-state index contributed by atoms with van der Waals surface area (Å²) in [6, 6.07) is 8.63. The quantitative estimate of drug-likeness (QED) is 0.652. The molecule has 6 heteroatoms. The van der Waals surface area contributed by atoms with Crippen molar-refractivity contribution in [3.8, 4) is 11.5 Å². The lowest BCUT2D eigenvalue weighted by Crippen LogP contribution is -2.15. The number of amides is 1. The van der Waals surface area contributed by atoms with Crippen LogP contribution >= 0.6 is 22.6 Å². The van der Waals surface area contributed by atoms with E-state index in [4.69, 9.17) is 16.2 Å². The number of aromatic nitrogens is 1. The highest BCUT2D eigenvalue weighted by Gasteiger charge is 2.13. The van der Waals surface area contributed by atoms with E-state index in [2.05, 4.69) is 4.98 Å². The number of nitrogen functional groups attached to an aromatic ring is 1. The Hall–Kier alpha value is -1.83. The minimum atomic E-state index is -0.581. The molecule has 0 saturated carbocycles. The van der Waals surface area contributed by atoms with Gasteiger partial charge >= 0.3 is 0 Å². The number of hydrogen-bond acceptors (Lipinski definition) is 4. The van der Waals surface area contributed by atoms with E-state index in [1.807, 2.05) is 22.6 Å². The van der Waals surface area contributed by atoms with Crippen molar-refractivity contribution < 1.29 is 9.53 Å². The Labute approximate surface area is 117 Å². The van der Waals surface area contributed by atoms with Crippen LogP contribution in [0.4, 0.5) is 5.69 Å². The molecule has 0 bridgehead atoms. The fraction of sp³-hybridized carbons (Fsp3) is 0. The molecule has 1 aromatic carbocycles. The molecule has 0 spiro atoms. The molecule has 0 aliphatic heterocycles. The lowest BCUT2D eigenvalue weighted by Gasteiger charge is -2.09. The Balaban J connectivity index is 2.32. The molecule has 2 rings (SSSR count). The van der Waals surface area contributed by atoms with Gasteiger partial charge in [0.25, 0.3) is 5.91 Å². The minimum absolute atomic E-state index is 0.198. The lowest BCUT2D eigenvalue weighted by molar-refractivity contribution is 0.0994. The summed E-state index contributed by atoms with van der Waals surface area (Å²) in [4.78, 5) is 15.1. The molecule has 0 fully saturated rings. The fourth-order valence-corrected chi connectivity index (χ4v) is 2.03. The average Bonchev–Trinajstić information content (AvgIpc) is 2.34. The van der Waals surface area contributed by atoms with Crippen LogP contribution in [-0.4, -0.2) is 10.9 Å². The number of carbonyl (C=O) groups is 1. The Kier molecular flexibility index (Phi) is 3.66. The molecular formula is C12H10IN3O2. The van der Waals surface area contributed by atoms with E-state index in [0.29, 0.717) is 20.8 Å². The third-order valence-corrected chi connectivity index (χ3v) is 3.24. The molecule has 0 atom stereocenters. The van der Waals surface area contributed by atoms with Crippen LogP contribution in [0, 0.1) is 3.57 Å². The van der Waals surface area contributed by atoms with E-state index in [9.17, 15) is 4.79 Å². The van der Waals surface area contributed by atoms with Crippen molar-refractivity contribution in [1.29, 1.82) is 0 Å². The highest BCUT2D eigenvalue weighted by molar-refractivity contribution is 14.1. The molecule has 5 nitrogen and oxygen atoms in total. The van der Waals surface area contributed by atoms with Crippen LogP contribution in [0.3, 0.4) is 0 Å². The topological polar surface area (TPSA) is 91.2 Å². The van der Waals surface area contributed by atoms with E-state index in [1.54, 1.807) is 30.3 Å². The van der Waals surface area contributed by atoms with Crippen LogP contribution in [0.2, 0.25) is 0 Å². The van der Waals surface area contributed by atoms with Crippen LogP contribution < -0.4 is 16.2 Å². The highest BCUT2D eigenvalue weighted by atomic mass is 127. The lowest BCUT2D eigenvalue weighted by atomic mass is 10.3. The Morgan fingerprint density at radius 2 is 1.89 bits per heavy atom. The summed E-state index contributed by atoms with van der Waals surface area (Å²) in [5.74, 6) is 0.579. The molecule has 1 amide bonds. The highest BCUT2D eigenvalue weighted by Crippen LogP contribution is 2.28. The smallest absolute Gasteiger partial charge is 0.268 e. The molecule has 1 aromatic heterocycles. The summed E-state index contributed by atoms with van der Waals surface area (Å²) in [5, 5.41) is 0. The van der Waals surface area contributed by atoms with Gasteiger partial charge in [0.2, 0.25) is 0 Å². The van der Waals surface area contributed by atoms with Gasteiger partial charge in [-0.2, -0.15) is 0 Å². The zero-order chi connectivity index (χ0) is 13.1. The van der Waals surface area contributed by atoms with Crippen molar-refractivity contribution in [3.63, 3.8) is 0 Å². The predicted octanol–water partition coefficient (Wildman–Crippen LogP) is 2.16. The normalized spacial score (nSPS) is 10.1. The molecule has 2 aromatic rings. The monoisotopic (exact) mass is 355 g/mol. The first kappa shape index (κ1) is 12.6. The molecular weight excluding hydrogens is 345 g/mol. The van der Waals surface area contributed by atoms with Gasteiger partial charge in [-0.05, 0) is 46.9 Å². The molecule has 1 heterocycles. The van der Waals surface area contributed by atoms with Gasteiger partial charge in [0.1, 0.15) is 17.2 Å². The standard InChI is InChI=1S/C12H10IN3O2/c13-10-9(5-6-16-11(10)12(15)17)18-8-3-1-7(14)2-4-8/h1-6H,14H2,(H2,15,17). The number of anilines is 1. The number of halogens is 1. The van der Waals surface area contributed by atoms with Gasteiger partial charge in [0.05, 0.1) is 3.57 Å². The summed E-state index contributed by atoms with van der Waals surface area (Å²) in [6.45, 7) is 0. The van der Waals surface area contributed by atoms with Crippen LogP contribution in [-0.2, 0) is 0 Å². The van der Waals surface area contributed by atoms with E-state index >= 15 is 0 Å². The second-order valence-electron chi connectivity index (χ2n) is 3.51. The van der Waals surface area contributed by atoms with Crippen LogP contribution in [0.5, 0.6) is 11.5 Å². The first-order chi connectivity index (χ1) is 8.58. The zero-order valence-electron chi connectivity index (χ0n) is 9.26. The van der Waals surface area contributed by atoms with Gasteiger partial charge in [-0.3, -0.25) is 4.79 Å². The molecule has 0 unspecified atom stereocenters. The van der Waals surface area contributed by atoms with E-state index < -0.39 is 5.91 Å². The molecule has 92 valence electrons. The number of pyridine rings is 1. The molecule has 18 heavy (non-hydrogen) atoms. The number of ether oxygens (including phenoxy) is 1. The van der Waals surface area contributed by atoms with Crippen molar-refractivity contribution in [1.82, 2.24) is 4.98 Å². The summed E-state index contributed by atoms with van der Waals surface area (Å²) < 4.78 is 6.23. The van der Waals surface area contributed by atoms with Crippen LogP contribution in [0.25, 0.3) is 0 Å². The van der Waals surface area contributed by atoms with E-state index in [0.717, 1.165) is 0 Å². The maximum atomic E-state index is 11.2. The summed E-state index contributed by atoms with van der Waals surface area (Å²) >= 11 is 1.98. The van der Waals surface area contributed by atoms with Gasteiger partial charge in [0.15, 0.2) is 0 Å². The van der Waals surface area contributed by atoms with Crippen molar-refractivity contribution >= 4 is 34.2 Å². The number of benzene rings is 1. The summed E-state index contributed by atoms with van der Waals surface area (Å²) in [7, 11) is 0. The predicted molar refractivity (Wildman–Crippen MR) is 76.4 cm³/mol. The Morgan fingerprint density at radius 1 is 1.22 bits per heavy atom. The van der Waals surface area contributed by atoms with Crippen molar-refractivity contribution in [2.45, 2.75) is 0 Å². The Bertz CT molecular complexity index is 584. The van der Waals surface area contributed by atoms with Crippen molar-refractivity contribution in [3.05, 3.63) is 45.8 Å². The van der Waals surface area contributed by atoms with Gasteiger partial charge < -0.3 is 16.2 Å². The van der Waals surface area contributed by atoms with Crippen LogP contribution in [0.15, 0.2) is 36.5 Å². The third-order valence-electron chi connectivity index (χ3n) is 2.20. The molecule has 0 aliphatic carbocycles. The molecule has 0 radical (unpaired) electrons. The molecule has 0 saturated heterocycles. The van der Waals surface area contributed by atoms with E-state index in [1.165, 1.54) is 6.20 Å². The number of rotatable bonds is 3. The second-order valence-corrected chi connectivity index (χ2v) is 4.59. The van der Waals surface area contributed by atoms with E-state index in [-0.39, 0.29) is 5.69 Å². The van der Waals surface area contributed by atoms with Crippen molar-refractivity contribution in [2.24, 2.45) is 5.73 Å². The number of carbonyl (C=O) groups excluding carboxylic acids is 1. The summed E-state index contributed by atoms with van der Waals surface area (Å²) in [6.07, 6.45) is 1.48. The zero-order valence-corrected chi connectivity index (χ0v) is 11.4. The number of nitrogens with two attached hydrogens (primary N) is 2. The molecule has 0 aliphatic rings. The number of hydrogen-bond donors (Lipinski definition) is 2.